The summed E-state index contributed by atoms with van der Waals surface area (Å²) in [5, 5.41) is 0. The average Bonchev–Trinajstić information content (AvgIpc) is 2.88. The van der Waals surface area contributed by atoms with Crippen molar-refractivity contribution in [3.63, 3.8) is 0 Å². The maximum Gasteiger partial charge on any atom is 0.101 e. The van der Waals surface area contributed by atoms with Gasteiger partial charge in [-0.1, -0.05) is 29.8 Å². The first-order valence-corrected chi connectivity index (χ1v) is 6.46. The van der Waals surface area contributed by atoms with Gasteiger partial charge in [0.15, 0.2) is 0 Å². The molecule has 1 aromatic heterocycles. The molecule has 0 aliphatic carbocycles. The van der Waals surface area contributed by atoms with Crippen molar-refractivity contribution in [2.45, 2.75) is 26.5 Å². The van der Waals surface area contributed by atoms with Crippen LogP contribution in [-0.2, 0) is 11.3 Å². The molecule has 2 aromatic rings. The summed E-state index contributed by atoms with van der Waals surface area (Å²) >= 11 is 0. The molecule has 100 valence electrons. The molecule has 0 spiro atoms. The molecule has 2 rings (SSSR count). The number of nitrogens with zero attached hydrogens (tertiary/aromatic N) is 2. The fraction of sp³-hybridized carbons (Fsp3) is 0.312. The van der Waals surface area contributed by atoms with Crippen LogP contribution in [0.5, 0.6) is 0 Å². The standard InChI is InChI=1S/C16H20N2O/c1-4-9-19-16(11-18-8-7-17-12-18)15-6-5-13(2)10-14(15)3/h4-8,10,12,16H,1,9,11H2,2-3H3. The second-order valence-corrected chi connectivity index (χ2v) is 4.73. The van der Waals surface area contributed by atoms with Gasteiger partial charge in [-0.05, 0) is 25.0 Å². The summed E-state index contributed by atoms with van der Waals surface area (Å²) in [6.07, 6.45) is 7.35. The van der Waals surface area contributed by atoms with Crippen molar-refractivity contribution < 1.29 is 4.74 Å². The molecule has 1 atom stereocenters. The number of benzene rings is 1. The molecule has 0 aliphatic heterocycles. The molecular formula is C16H20N2O. The summed E-state index contributed by atoms with van der Waals surface area (Å²) in [4.78, 5) is 4.07. The molecule has 0 saturated carbocycles. The maximum atomic E-state index is 5.90. The Kier molecular flexibility index (Phi) is 4.53. The van der Waals surface area contributed by atoms with Crippen LogP contribution in [0.25, 0.3) is 0 Å². The third kappa shape index (κ3) is 3.55. The van der Waals surface area contributed by atoms with Gasteiger partial charge in [0.05, 0.1) is 19.5 Å². The molecule has 1 heterocycles. The van der Waals surface area contributed by atoms with Gasteiger partial charge in [0, 0.05) is 12.4 Å². The van der Waals surface area contributed by atoms with Gasteiger partial charge in [-0.15, -0.1) is 6.58 Å². The Morgan fingerprint density at radius 3 is 2.89 bits per heavy atom. The number of aryl methyl sites for hydroxylation is 2. The Labute approximate surface area is 114 Å². The van der Waals surface area contributed by atoms with Crippen molar-refractivity contribution in [1.29, 1.82) is 0 Å². The molecule has 19 heavy (non-hydrogen) atoms. The molecule has 1 aromatic carbocycles. The molecule has 0 radical (unpaired) electrons. The monoisotopic (exact) mass is 256 g/mol. The first kappa shape index (κ1) is 13.6. The summed E-state index contributed by atoms with van der Waals surface area (Å²) in [5.74, 6) is 0. The normalized spacial score (nSPS) is 12.3. The Morgan fingerprint density at radius 1 is 1.42 bits per heavy atom. The van der Waals surface area contributed by atoms with E-state index in [0.29, 0.717) is 6.61 Å². The fourth-order valence-electron chi connectivity index (χ4n) is 2.20. The van der Waals surface area contributed by atoms with Crippen LogP contribution in [0.4, 0.5) is 0 Å². The van der Waals surface area contributed by atoms with E-state index in [0.717, 1.165) is 6.54 Å². The van der Waals surface area contributed by atoms with E-state index in [-0.39, 0.29) is 6.10 Å². The summed E-state index contributed by atoms with van der Waals surface area (Å²) in [6.45, 7) is 9.25. The molecule has 1 unspecified atom stereocenters. The smallest absolute Gasteiger partial charge is 0.101 e. The molecule has 0 aliphatic rings. The predicted octanol–water partition coefficient (Wildman–Crippen LogP) is 3.44. The summed E-state index contributed by atoms with van der Waals surface area (Å²) in [6, 6.07) is 6.46. The van der Waals surface area contributed by atoms with Crippen LogP contribution in [0.15, 0.2) is 49.6 Å². The van der Waals surface area contributed by atoms with Crippen LogP contribution in [0.3, 0.4) is 0 Å². The van der Waals surface area contributed by atoms with E-state index < -0.39 is 0 Å². The highest BCUT2D eigenvalue weighted by Crippen LogP contribution is 2.24. The average molecular weight is 256 g/mol. The van der Waals surface area contributed by atoms with Crippen molar-refractivity contribution in [2.24, 2.45) is 0 Å². The van der Waals surface area contributed by atoms with E-state index in [2.05, 4.69) is 43.6 Å². The first-order chi connectivity index (χ1) is 9.20. The zero-order valence-electron chi connectivity index (χ0n) is 11.5. The van der Waals surface area contributed by atoms with E-state index in [1.165, 1.54) is 16.7 Å². The van der Waals surface area contributed by atoms with Gasteiger partial charge >= 0.3 is 0 Å². The molecule has 0 amide bonds. The third-order valence-electron chi connectivity index (χ3n) is 3.12. The van der Waals surface area contributed by atoms with Crippen LogP contribution < -0.4 is 0 Å². The molecule has 0 N–H and O–H groups in total. The van der Waals surface area contributed by atoms with E-state index in [1.807, 2.05) is 17.1 Å². The van der Waals surface area contributed by atoms with Crippen molar-refractivity contribution in [2.75, 3.05) is 6.61 Å². The quantitative estimate of drug-likeness (QED) is 0.740. The number of imidazole rings is 1. The molecule has 0 saturated heterocycles. The van der Waals surface area contributed by atoms with Crippen LogP contribution in [0.2, 0.25) is 0 Å². The number of rotatable bonds is 6. The van der Waals surface area contributed by atoms with Gasteiger partial charge in [0.2, 0.25) is 0 Å². The van der Waals surface area contributed by atoms with Crippen molar-refractivity contribution in [3.05, 3.63) is 66.3 Å². The Balaban J connectivity index is 2.22. The zero-order chi connectivity index (χ0) is 13.7. The van der Waals surface area contributed by atoms with Crippen LogP contribution in [-0.4, -0.2) is 16.2 Å². The van der Waals surface area contributed by atoms with Crippen molar-refractivity contribution in [1.82, 2.24) is 9.55 Å². The van der Waals surface area contributed by atoms with Crippen LogP contribution in [0, 0.1) is 13.8 Å². The molecule has 3 heteroatoms. The summed E-state index contributed by atoms with van der Waals surface area (Å²) < 4.78 is 7.94. The lowest BCUT2D eigenvalue weighted by Gasteiger charge is -2.20. The largest absolute Gasteiger partial charge is 0.368 e. The Hall–Kier alpha value is -1.87. The van der Waals surface area contributed by atoms with E-state index in [9.17, 15) is 0 Å². The topological polar surface area (TPSA) is 27.1 Å². The highest BCUT2D eigenvalue weighted by Gasteiger charge is 2.14. The highest BCUT2D eigenvalue weighted by atomic mass is 16.5. The third-order valence-corrected chi connectivity index (χ3v) is 3.12. The minimum atomic E-state index is 0.0211. The minimum absolute atomic E-state index is 0.0211. The molecule has 3 nitrogen and oxygen atoms in total. The Morgan fingerprint density at radius 2 is 2.26 bits per heavy atom. The van der Waals surface area contributed by atoms with E-state index in [4.69, 9.17) is 4.74 Å². The van der Waals surface area contributed by atoms with Gasteiger partial charge in [0.1, 0.15) is 6.10 Å². The van der Waals surface area contributed by atoms with Crippen molar-refractivity contribution >= 4 is 0 Å². The minimum Gasteiger partial charge on any atom is -0.368 e. The fourth-order valence-corrected chi connectivity index (χ4v) is 2.20. The van der Waals surface area contributed by atoms with Crippen molar-refractivity contribution in [3.8, 4) is 0 Å². The van der Waals surface area contributed by atoms with Gasteiger partial charge in [-0.3, -0.25) is 0 Å². The number of hydrogen-bond acceptors (Lipinski definition) is 2. The van der Waals surface area contributed by atoms with Gasteiger partial charge in [-0.2, -0.15) is 0 Å². The second-order valence-electron chi connectivity index (χ2n) is 4.73. The summed E-state index contributed by atoms with van der Waals surface area (Å²) in [5.41, 5.74) is 3.75. The lowest BCUT2D eigenvalue weighted by Crippen LogP contribution is -2.13. The number of ether oxygens (including phenoxy) is 1. The lowest BCUT2D eigenvalue weighted by molar-refractivity contribution is 0.0602. The van der Waals surface area contributed by atoms with Gasteiger partial charge in [0.25, 0.3) is 0 Å². The first-order valence-electron chi connectivity index (χ1n) is 6.46. The SMILES string of the molecule is C=CCOC(Cn1ccnc1)c1ccc(C)cc1C. The second kappa shape index (κ2) is 6.34. The number of aromatic nitrogens is 2. The highest BCUT2D eigenvalue weighted by molar-refractivity contribution is 5.32. The molecular weight excluding hydrogens is 236 g/mol. The summed E-state index contributed by atoms with van der Waals surface area (Å²) in [7, 11) is 0. The van der Waals surface area contributed by atoms with Crippen LogP contribution in [0.1, 0.15) is 22.8 Å². The predicted molar refractivity (Wildman–Crippen MR) is 77.0 cm³/mol. The molecule has 0 bridgehead atoms. The van der Waals surface area contributed by atoms with Crippen LogP contribution >= 0.6 is 0 Å². The Bertz CT molecular complexity index is 532. The zero-order valence-corrected chi connectivity index (χ0v) is 11.5. The van der Waals surface area contributed by atoms with E-state index >= 15 is 0 Å². The van der Waals surface area contributed by atoms with E-state index in [1.54, 1.807) is 12.3 Å². The number of hydrogen-bond donors (Lipinski definition) is 0. The van der Waals surface area contributed by atoms with Gasteiger partial charge in [-0.25, -0.2) is 4.98 Å². The molecule has 0 fully saturated rings. The lowest BCUT2D eigenvalue weighted by atomic mass is 10.0. The maximum absolute atomic E-state index is 5.90. The van der Waals surface area contributed by atoms with Gasteiger partial charge < -0.3 is 9.30 Å².